The Labute approximate surface area is 116 Å². The predicted molar refractivity (Wildman–Crippen MR) is 71.9 cm³/mol. The number of nitrogens with one attached hydrogen (secondary N) is 1. The van der Waals surface area contributed by atoms with Crippen LogP contribution >= 0.6 is 23.1 Å². The molecule has 6 nitrogen and oxygen atoms in total. The van der Waals surface area contributed by atoms with E-state index in [9.17, 15) is 9.59 Å². The molecular weight excluding hydrogens is 286 g/mol. The summed E-state index contributed by atoms with van der Waals surface area (Å²) in [5.41, 5.74) is 0.491. The van der Waals surface area contributed by atoms with Gasteiger partial charge in [0.15, 0.2) is 4.34 Å². The minimum Gasteiger partial charge on any atom is -0.481 e. The number of thiazole rings is 1. The van der Waals surface area contributed by atoms with E-state index >= 15 is 0 Å². The van der Waals surface area contributed by atoms with Crippen LogP contribution in [-0.4, -0.2) is 26.0 Å². The number of carbonyl (C=O) groups is 1. The number of carboxylic acid groups (broad SMARTS) is 1. The summed E-state index contributed by atoms with van der Waals surface area (Å²) in [4.78, 5) is 33.8. The maximum atomic E-state index is 11.3. The molecule has 0 fully saturated rings. The van der Waals surface area contributed by atoms with Crippen molar-refractivity contribution in [2.24, 2.45) is 0 Å². The van der Waals surface area contributed by atoms with Gasteiger partial charge in [0.05, 0.1) is 12.1 Å². The number of hydrogen-bond donors (Lipinski definition) is 2. The number of H-pyrrole nitrogens is 1. The van der Waals surface area contributed by atoms with Crippen molar-refractivity contribution in [2.75, 3.05) is 0 Å². The molecule has 0 saturated heterocycles. The summed E-state index contributed by atoms with van der Waals surface area (Å²) in [6.07, 6.45) is -0.0358. The fourth-order valence-electron chi connectivity index (χ4n) is 1.44. The van der Waals surface area contributed by atoms with Gasteiger partial charge in [-0.2, -0.15) is 0 Å². The molecule has 8 heteroatoms. The summed E-state index contributed by atoms with van der Waals surface area (Å²) in [5.74, 6) is -0.345. The molecule has 0 saturated carbocycles. The quantitative estimate of drug-likeness (QED) is 0.833. The first-order valence-corrected chi connectivity index (χ1v) is 7.01. The lowest BCUT2D eigenvalue weighted by atomic mass is 10.3. The highest BCUT2D eigenvalue weighted by Crippen LogP contribution is 2.31. The second-order valence-corrected chi connectivity index (χ2v) is 6.18. The summed E-state index contributed by atoms with van der Waals surface area (Å²) in [5, 5.41) is 9.33. The number of aromatic nitrogens is 3. The molecule has 0 bridgehead atoms. The normalized spacial score (nSPS) is 10.6. The topological polar surface area (TPSA) is 95.9 Å². The second-order valence-electron chi connectivity index (χ2n) is 3.83. The molecule has 0 radical (unpaired) electrons. The zero-order valence-corrected chi connectivity index (χ0v) is 11.9. The number of aliphatic carboxylic acids is 1. The minimum atomic E-state index is -0.881. The summed E-state index contributed by atoms with van der Waals surface area (Å²) in [6.45, 7) is 3.48. The molecule has 0 atom stereocenters. The zero-order valence-electron chi connectivity index (χ0n) is 10.3. The standard InChI is InChI=1S/C11H11N3O3S2/c1-5-7(3-10(16)17)18-11(12-5)19-9-4-8(15)13-6(2)14-9/h4H,3H2,1-2H3,(H,16,17)(H,13,14,15). The van der Waals surface area contributed by atoms with Crippen molar-refractivity contribution in [2.45, 2.75) is 29.6 Å². The third kappa shape index (κ3) is 3.65. The Kier molecular flexibility index (Phi) is 4.01. The molecule has 19 heavy (non-hydrogen) atoms. The SMILES string of the molecule is Cc1nc(Sc2nc(C)c(CC(=O)O)s2)cc(=O)[nH]1. The molecule has 2 aromatic rings. The van der Waals surface area contributed by atoms with E-state index in [-0.39, 0.29) is 12.0 Å². The molecule has 2 heterocycles. The highest BCUT2D eigenvalue weighted by molar-refractivity contribution is 8.01. The summed E-state index contributed by atoms with van der Waals surface area (Å²) >= 11 is 2.57. The van der Waals surface area contributed by atoms with Crippen molar-refractivity contribution < 1.29 is 9.90 Å². The predicted octanol–water partition coefficient (Wildman–Crippen LogP) is 1.62. The average molecular weight is 297 g/mol. The first kappa shape index (κ1) is 13.8. The van der Waals surface area contributed by atoms with Crippen molar-refractivity contribution in [3.8, 4) is 0 Å². The lowest BCUT2D eigenvalue weighted by molar-refractivity contribution is -0.136. The van der Waals surface area contributed by atoms with Crippen LogP contribution in [-0.2, 0) is 11.2 Å². The largest absolute Gasteiger partial charge is 0.481 e. The van der Waals surface area contributed by atoms with Crippen LogP contribution in [0, 0.1) is 13.8 Å². The van der Waals surface area contributed by atoms with Crippen LogP contribution in [0.4, 0.5) is 0 Å². The molecule has 100 valence electrons. The van der Waals surface area contributed by atoms with Crippen LogP contribution in [0.5, 0.6) is 0 Å². The molecular formula is C11H11N3O3S2. The van der Waals surface area contributed by atoms with E-state index in [2.05, 4.69) is 15.0 Å². The van der Waals surface area contributed by atoms with E-state index in [1.54, 1.807) is 13.8 Å². The Morgan fingerprint density at radius 2 is 2.21 bits per heavy atom. The Balaban J connectivity index is 2.23. The second kappa shape index (κ2) is 5.54. The highest BCUT2D eigenvalue weighted by Gasteiger charge is 2.12. The lowest BCUT2D eigenvalue weighted by Gasteiger charge is -1.97. The van der Waals surface area contributed by atoms with E-state index < -0.39 is 5.97 Å². The smallest absolute Gasteiger partial charge is 0.308 e. The lowest BCUT2D eigenvalue weighted by Crippen LogP contribution is -2.07. The van der Waals surface area contributed by atoms with Crippen LogP contribution < -0.4 is 5.56 Å². The highest BCUT2D eigenvalue weighted by atomic mass is 32.2. The van der Waals surface area contributed by atoms with Gasteiger partial charge < -0.3 is 10.1 Å². The van der Waals surface area contributed by atoms with Crippen molar-refractivity contribution in [3.05, 3.63) is 32.8 Å². The number of carboxylic acids is 1. The van der Waals surface area contributed by atoms with Crippen molar-refractivity contribution in [3.63, 3.8) is 0 Å². The van der Waals surface area contributed by atoms with E-state index in [1.807, 2.05) is 0 Å². The van der Waals surface area contributed by atoms with Crippen LogP contribution in [0.25, 0.3) is 0 Å². The van der Waals surface area contributed by atoms with Crippen LogP contribution in [0.2, 0.25) is 0 Å². The van der Waals surface area contributed by atoms with Gasteiger partial charge in [0.1, 0.15) is 10.9 Å². The van der Waals surface area contributed by atoms with Gasteiger partial charge in [0, 0.05) is 10.9 Å². The third-order valence-electron chi connectivity index (χ3n) is 2.21. The Morgan fingerprint density at radius 1 is 1.47 bits per heavy atom. The Hall–Kier alpha value is -1.67. The van der Waals surface area contributed by atoms with Gasteiger partial charge in [0.25, 0.3) is 5.56 Å². The summed E-state index contributed by atoms with van der Waals surface area (Å²) in [7, 11) is 0. The van der Waals surface area contributed by atoms with Crippen molar-refractivity contribution in [1.82, 2.24) is 15.0 Å². The van der Waals surface area contributed by atoms with Crippen LogP contribution in [0.15, 0.2) is 20.2 Å². The number of aryl methyl sites for hydroxylation is 2. The molecule has 2 aromatic heterocycles. The molecule has 0 unspecified atom stereocenters. The van der Waals surface area contributed by atoms with E-state index in [0.29, 0.717) is 20.9 Å². The first-order valence-electron chi connectivity index (χ1n) is 5.38. The Morgan fingerprint density at radius 3 is 2.84 bits per heavy atom. The van der Waals surface area contributed by atoms with E-state index in [1.165, 1.54) is 29.2 Å². The molecule has 0 aromatic carbocycles. The molecule has 0 aliphatic rings. The molecule has 0 spiro atoms. The van der Waals surface area contributed by atoms with E-state index in [0.717, 1.165) is 4.88 Å². The fourth-order valence-corrected chi connectivity index (χ4v) is 3.66. The number of rotatable bonds is 4. The number of hydrogen-bond acceptors (Lipinski definition) is 6. The van der Waals surface area contributed by atoms with Gasteiger partial charge in [-0.3, -0.25) is 9.59 Å². The monoisotopic (exact) mass is 297 g/mol. The van der Waals surface area contributed by atoms with Crippen LogP contribution in [0.3, 0.4) is 0 Å². The summed E-state index contributed by atoms with van der Waals surface area (Å²) in [6, 6.07) is 1.39. The van der Waals surface area contributed by atoms with Crippen LogP contribution in [0.1, 0.15) is 16.4 Å². The maximum Gasteiger partial charge on any atom is 0.308 e. The van der Waals surface area contributed by atoms with E-state index in [4.69, 9.17) is 5.11 Å². The first-order chi connectivity index (χ1) is 8.94. The maximum absolute atomic E-state index is 11.3. The zero-order chi connectivity index (χ0) is 14.0. The molecule has 0 amide bonds. The van der Waals surface area contributed by atoms with Gasteiger partial charge in [0.2, 0.25) is 0 Å². The molecule has 2 rings (SSSR count). The number of nitrogens with zero attached hydrogens (tertiary/aromatic N) is 2. The van der Waals surface area contributed by atoms with Crippen molar-refractivity contribution in [1.29, 1.82) is 0 Å². The third-order valence-corrected chi connectivity index (χ3v) is 4.35. The van der Waals surface area contributed by atoms with Crippen molar-refractivity contribution >= 4 is 29.1 Å². The van der Waals surface area contributed by atoms with Gasteiger partial charge >= 0.3 is 5.97 Å². The number of aromatic amines is 1. The minimum absolute atomic E-state index is 0.0358. The molecule has 2 N–H and O–H groups in total. The average Bonchev–Trinajstić information content (AvgIpc) is 2.56. The van der Waals surface area contributed by atoms with Gasteiger partial charge in [-0.05, 0) is 25.6 Å². The van der Waals surface area contributed by atoms with Gasteiger partial charge in [-0.25, -0.2) is 9.97 Å². The molecule has 0 aliphatic heterocycles. The Bertz CT molecular complexity index is 678. The summed E-state index contributed by atoms with van der Waals surface area (Å²) < 4.78 is 0.686. The van der Waals surface area contributed by atoms with Gasteiger partial charge in [-0.15, -0.1) is 11.3 Å². The fraction of sp³-hybridized carbons (Fsp3) is 0.273. The van der Waals surface area contributed by atoms with Gasteiger partial charge in [-0.1, -0.05) is 0 Å². The molecule has 0 aliphatic carbocycles.